The molecule has 0 saturated heterocycles. The summed E-state index contributed by atoms with van der Waals surface area (Å²) in [6.45, 7) is 2.70. The SMILES string of the molecule is Cl.OCCOCCNCc1cccc2cc3ccccc3cc12. The number of nitrogens with one attached hydrogen (secondary N) is 1. The van der Waals surface area contributed by atoms with E-state index < -0.39 is 0 Å². The van der Waals surface area contributed by atoms with Crippen molar-refractivity contribution in [2.45, 2.75) is 6.54 Å². The minimum atomic E-state index is 0. The van der Waals surface area contributed by atoms with E-state index in [2.05, 4.69) is 59.9 Å². The van der Waals surface area contributed by atoms with Gasteiger partial charge in [0.05, 0.1) is 19.8 Å². The minimum Gasteiger partial charge on any atom is -0.394 e. The normalized spacial score (nSPS) is 10.8. The van der Waals surface area contributed by atoms with E-state index in [1.807, 2.05) is 0 Å². The highest BCUT2D eigenvalue weighted by Gasteiger charge is 2.03. The molecule has 4 heteroatoms. The van der Waals surface area contributed by atoms with Crippen LogP contribution in [-0.4, -0.2) is 31.5 Å². The van der Waals surface area contributed by atoms with E-state index in [0.29, 0.717) is 13.2 Å². The number of aliphatic hydroxyl groups excluding tert-OH is 1. The first-order chi connectivity index (χ1) is 10.9. The molecule has 0 heterocycles. The highest BCUT2D eigenvalue weighted by atomic mass is 35.5. The Bertz CT molecular complexity index is 761. The number of hydrogen-bond acceptors (Lipinski definition) is 3. The van der Waals surface area contributed by atoms with Gasteiger partial charge in [0.25, 0.3) is 0 Å². The predicted molar refractivity (Wildman–Crippen MR) is 98.3 cm³/mol. The topological polar surface area (TPSA) is 41.5 Å². The third kappa shape index (κ3) is 4.43. The summed E-state index contributed by atoms with van der Waals surface area (Å²) < 4.78 is 5.25. The average Bonchev–Trinajstić information content (AvgIpc) is 2.56. The van der Waals surface area contributed by atoms with Crippen molar-refractivity contribution < 1.29 is 9.84 Å². The zero-order valence-corrected chi connectivity index (χ0v) is 13.8. The van der Waals surface area contributed by atoms with Crippen LogP contribution in [0.5, 0.6) is 0 Å². The van der Waals surface area contributed by atoms with Crippen LogP contribution in [0.2, 0.25) is 0 Å². The van der Waals surface area contributed by atoms with Gasteiger partial charge in [-0.15, -0.1) is 12.4 Å². The van der Waals surface area contributed by atoms with Gasteiger partial charge in [-0.1, -0.05) is 42.5 Å². The van der Waals surface area contributed by atoms with Gasteiger partial charge in [-0.2, -0.15) is 0 Å². The van der Waals surface area contributed by atoms with Crippen LogP contribution in [0.3, 0.4) is 0 Å². The van der Waals surface area contributed by atoms with Crippen LogP contribution in [0.15, 0.2) is 54.6 Å². The van der Waals surface area contributed by atoms with Crippen molar-refractivity contribution in [1.82, 2.24) is 5.32 Å². The van der Waals surface area contributed by atoms with E-state index in [-0.39, 0.29) is 19.0 Å². The van der Waals surface area contributed by atoms with E-state index in [1.54, 1.807) is 0 Å². The molecule has 0 aliphatic heterocycles. The average molecular weight is 332 g/mol. The van der Waals surface area contributed by atoms with Crippen LogP contribution in [0.1, 0.15) is 5.56 Å². The Hall–Kier alpha value is -1.65. The predicted octanol–water partition coefficient (Wildman–Crippen LogP) is 3.51. The third-order valence-corrected chi connectivity index (χ3v) is 3.81. The summed E-state index contributed by atoms with van der Waals surface area (Å²) in [7, 11) is 0. The fraction of sp³-hybridized carbons (Fsp3) is 0.263. The van der Waals surface area contributed by atoms with Crippen molar-refractivity contribution in [2.24, 2.45) is 0 Å². The number of hydrogen-bond donors (Lipinski definition) is 2. The van der Waals surface area contributed by atoms with Gasteiger partial charge in [-0.3, -0.25) is 0 Å². The summed E-state index contributed by atoms with van der Waals surface area (Å²) in [6.07, 6.45) is 0. The highest BCUT2D eigenvalue weighted by molar-refractivity contribution is 5.99. The second-order valence-electron chi connectivity index (χ2n) is 5.35. The summed E-state index contributed by atoms with van der Waals surface area (Å²) in [5, 5.41) is 17.2. The molecular formula is C19H22ClNO2. The lowest BCUT2D eigenvalue weighted by Crippen LogP contribution is -2.20. The molecule has 23 heavy (non-hydrogen) atoms. The summed E-state index contributed by atoms with van der Waals surface area (Å²) in [4.78, 5) is 0. The lowest BCUT2D eigenvalue weighted by Gasteiger charge is -2.10. The van der Waals surface area contributed by atoms with Gasteiger partial charge in [-0.25, -0.2) is 0 Å². The summed E-state index contributed by atoms with van der Waals surface area (Å²) >= 11 is 0. The van der Waals surface area contributed by atoms with Crippen LogP contribution in [-0.2, 0) is 11.3 Å². The van der Waals surface area contributed by atoms with E-state index in [9.17, 15) is 0 Å². The van der Waals surface area contributed by atoms with Crippen molar-refractivity contribution in [2.75, 3.05) is 26.4 Å². The molecule has 0 fully saturated rings. The van der Waals surface area contributed by atoms with Crippen LogP contribution in [0, 0.1) is 0 Å². The van der Waals surface area contributed by atoms with Crippen LogP contribution in [0.25, 0.3) is 21.5 Å². The Morgan fingerprint density at radius 2 is 1.61 bits per heavy atom. The maximum atomic E-state index is 8.66. The smallest absolute Gasteiger partial charge is 0.0698 e. The van der Waals surface area contributed by atoms with Crippen molar-refractivity contribution in [3.63, 3.8) is 0 Å². The molecule has 0 atom stereocenters. The Labute approximate surface area is 142 Å². The van der Waals surface area contributed by atoms with Crippen LogP contribution < -0.4 is 5.32 Å². The molecule has 3 nitrogen and oxygen atoms in total. The Balaban J connectivity index is 0.00000192. The highest BCUT2D eigenvalue weighted by Crippen LogP contribution is 2.25. The molecule has 0 bridgehead atoms. The molecule has 3 aromatic carbocycles. The summed E-state index contributed by atoms with van der Waals surface area (Å²) in [5.74, 6) is 0. The number of aliphatic hydroxyl groups is 1. The van der Waals surface area contributed by atoms with E-state index in [0.717, 1.165) is 13.1 Å². The zero-order chi connectivity index (χ0) is 15.2. The molecule has 0 amide bonds. The zero-order valence-electron chi connectivity index (χ0n) is 13.0. The van der Waals surface area contributed by atoms with Gasteiger partial charge in [0.15, 0.2) is 0 Å². The van der Waals surface area contributed by atoms with Crippen molar-refractivity contribution in [3.8, 4) is 0 Å². The van der Waals surface area contributed by atoms with E-state index >= 15 is 0 Å². The number of fused-ring (bicyclic) bond motifs is 2. The molecule has 122 valence electrons. The molecular weight excluding hydrogens is 310 g/mol. The van der Waals surface area contributed by atoms with Crippen molar-refractivity contribution in [1.29, 1.82) is 0 Å². The molecule has 3 rings (SSSR count). The molecule has 0 aliphatic rings. The first-order valence-corrected chi connectivity index (χ1v) is 7.68. The monoisotopic (exact) mass is 331 g/mol. The van der Waals surface area contributed by atoms with Gasteiger partial charge in [-0.05, 0) is 39.2 Å². The lowest BCUT2D eigenvalue weighted by molar-refractivity contribution is 0.0938. The quantitative estimate of drug-likeness (QED) is 0.514. The molecule has 3 aromatic rings. The first-order valence-electron chi connectivity index (χ1n) is 7.68. The minimum absolute atomic E-state index is 0. The lowest BCUT2D eigenvalue weighted by atomic mass is 10.00. The second kappa shape index (κ2) is 8.85. The first kappa shape index (κ1) is 17.7. The Morgan fingerprint density at radius 3 is 2.39 bits per heavy atom. The van der Waals surface area contributed by atoms with Crippen molar-refractivity contribution >= 4 is 34.0 Å². The molecule has 0 spiro atoms. The Kier molecular flexibility index (Phi) is 6.81. The summed E-state index contributed by atoms with van der Waals surface area (Å²) in [5.41, 5.74) is 1.30. The maximum Gasteiger partial charge on any atom is 0.0698 e. The number of rotatable bonds is 7. The molecule has 0 saturated carbocycles. The molecule has 0 radical (unpaired) electrons. The Morgan fingerprint density at radius 1 is 0.870 bits per heavy atom. The largest absolute Gasteiger partial charge is 0.394 e. The number of benzene rings is 3. The van der Waals surface area contributed by atoms with Gasteiger partial charge >= 0.3 is 0 Å². The van der Waals surface area contributed by atoms with E-state index in [1.165, 1.54) is 27.1 Å². The molecule has 2 N–H and O–H groups in total. The van der Waals surface area contributed by atoms with Gasteiger partial charge < -0.3 is 15.2 Å². The number of ether oxygens (including phenoxy) is 1. The molecule has 0 aromatic heterocycles. The van der Waals surface area contributed by atoms with Gasteiger partial charge in [0.1, 0.15) is 0 Å². The second-order valence-corrected chi connectivity index (χ2v) is 5.35. The summed E-state index contributed by atoms with van der Waals surface area (Å²) in [6, 6.07) is 19.4. The number of halogens is 1. The van der Waals surface area contributed by atoms with Gasteiger partial charge in [0, 0.05) is 13.1 Å². The van der Waals surface area contributed by atoms with Crippen LogP contribution >= 0.6 is 12.4 Å². The van der Waals surface area contributed by atoms with Gasteiger partial charge in [0.2, 0.25) is 0 Å². The van der Waals surface area contributed by atoms with Crippen LogP contribution in [0.4, 0.5) is 0 Å². The maximum absolute atomic E-state index is 8.66. The van der Waals surface area contributed by atoms with Crippen molar-refractivity contribution in [3.05, 3.63) is 60.2 Å². The third-order valence-electron chi connectivity index (χ3n) is 3.81. The fourth-order valence-corrected chi connectivity index (χ4v) is 2.72. The van der Waals surface area contributed by atoms with E-state index in [4.69, 9.17) is 9.84 Å². The molecule has 0 aliphatic carbocycles. The molecule has 0 unspecified atom stereocenters. The standard InChI is InChI=1S/C19H21NO2.ClH/c21-9-11-22-10-8-20-14-18-7-3-6-17-12-15-4-1-2-5-16(15)13-19(17)18;/h1-7,12-13,20-21H,8-11,14H2;1H. The fourth-order valence-electron chi connectivity index (χ4n) is 2.72.